The highest BCUT2D eigenvalue weighted by Crippen LogP contribution is 2.35. The number of rotatable bonds is 6. The molecule has 0 aliphatic rings. The van der Waals surface area contributed by atoms with Gasteiger partial charge in [-0.3, -0.25) is 5.10 Å². The minimum atomic E-state index is -3.66. The first-order valence-corrected chi connectivity index (χ1v) is 11.6. The van der Waals surface area contributed by atoms with E-state index in [0.29, 0.717) is 0 Å². The summed E-state index contributed by atoms with van der Waals surface area (Å²) in [6.07, 6.45) is 4.18. The summed E-state index contributed by atoms with van der Waals surface area (Å²) >= 11 is 0. The van der Waals surface area contributed by atoms with Gasteiger partial charge >= 0.3 is 0 Å². The number of aromatic amines is 1. The van der Waals surface area contributed by atoms with E-state index in [0.717, 1.165) is 45.0 Å². The Balaban J connectivity index is 1.88. The number of sulfonamides is 1. The van der Waals surface area contributed by atoms with Crippen LogP contribution in [0.15, 0.2) is 84.4 Å². The molecule has 0 amide bonds. The molecule has 0 aliphatic carbocycles. The van der Waals surface area contributed by atoms with Gasteiger partial charge in [-0.15, -0.1) is 0 Å². The van der Waals surface area contributed by atoms with Crippen LogP contribution in [0.3, 0.4) is 0 Å². The first-order valence-electron chi connectivity index (χ1n) is 9.98. The zero-order valence-corrected chi connectivity index (χ0v) is 17.9. The van der Waals surface area contributed by atoms with Crippen LogP contribution >= 0.6 is 0 Å². The Hall–Kier alpha value is -3.48. The molecule has 4 aromatic rings. The zero-order valence-electron chi connectivity index (χ0n) is 17.1. The topological polar surface area (TPSA) is 88.8 Å². The lowest BCUT2D eigenvalue weighted by Gasteiger charge is -2.16. The predicted octanol–water partition coefficient (Wildman–Crippen LogP) is 5.19. The van der Waals surface area contributed by atoms with Crippen LogP contribution in [0.25, 0.3) is 28.1 Å². The Labute approximate surface area is 182 Å². The molecule has 0 bridgehead atoms. The number of nitrogens with one attached hydrogen (secondary N) is 1. The van der Waals surface area contributed by atoms with Gasteiger partial charge in [0.05, 0.1) is 11.7 Å². The van der Waals surface area contributed by atoms with Crippen LogP contribution < -0.4 is 5.14 Å². The Morgan fingerprint density at radius 2 is 1.68 bits per heavy atom. The number of H-pyrrole nitrogens is 1. The Kier molecular flexibility index (Phi) is 5.84. The SMILES string of the molecule is CC/C(=C(/c1ccc(C=CS(N)(=O)=O)cc1)c1ccc2[nH]ncc2c1)c1ccccc1. The molecule has 1 aromatic heterocycles. The molecule has 1 heterocycles. The van der Waals surface area contributed by atoms with Crippen LogP contribution in [0, 0.1) is 0 Å². The van der Waals surface area contributed by atoms with Crippen molar-refractivity contribution in [2.24, 2.45) is 5.14 Å². The summed E-state index contributed by atoms with van der Waals surface area (Å²) in [5.41, 5.74) is 7.45. The molecule has 5 nitrogen and oxygen atoms in total. The molecule has 3 N–H and O–H groups in total. The lowest BCUT2D eigenvalue weighted by Crippen LogP contribution is -2.06. The van der Waals surface area contributed by atoms with E-state index >= 15 is 0 Å². The molecule has 0 fully saturated rings. The average molecular weight is 430 g/mol. The second-order valence-corrected chi connectivity index (χ2v) is 8.71. The lowest BCUT2D eigenvalue weighted by atomic mass is 9.87. The van der Waals surface area contributed by atoms with Crippen molar-refractivity contribution in [3.05, 3.63) is 107 Å². The van der Waals surface area contributed by atoms with Gasteiger partial charge in [-0.1, -0.05) is 67.6 Å². The smallest absolute Gasteiger partial charge is 0.231 e. The van der Waals surface area contributed by atoms with Gasteiger partial charge < -0.3 is 0 Å². The van der Waals surface area contributed by atoms with Crippen molar-refractivity contribution in [2.45, 2.75) is 13.3 Å². The van der Waals surface area contributed by atoms with Crippen LogP contribution in [0.5, 0.6) is 0 Å². The van der Waals surface area contributed by atoms with Crippen molar-refractivity contribution < 1.29 is 8.42 Å². The molecule has 0 atom stereocenters. The van der Waals surface area contributed by atoms with Crippen LogP contribution in [-0.2, 0) is 10.0 Å². The highest BCUT2D eigenvalue weighted by atomic mass is 32.2. The van der Waals surface area contributed by atoms with E-state index in [1.165, 1.54) is 17.2 Å². The van der Waals surface area contributed by atoms with Gasteiger partial charge in [0.15, 0.2) is 0 Å². The molecule has 0 saturated carbocycles. The van der Waals surface area contributed by atoms with Crippen molar-refractivity contribution in [3.63, 3.8) is 0 Å². The van der Waals surface area contributed by atoms with E-state index < -0.39 is 10.0 Å². The maximum Gasteiger partial charge on any atom is 0.231 e. The summed E-state index contributed by atoms with van der Waals surface area (Å²) in [5.74, 6) is 0. The summed E-state index contributed by atoms with van der Waals surface area (Å²) in [4.78, 5) is 0. The highest BCUT2D eigenvalue weighted by Gasteiger charge is 2.14. The van der Waals surface area contributed by atoms with Gasteiger partial charge in [0.25, 0.3) is 0 Å². The summed E-state index contributed by atoms with van der Waals surface area (Å²) in [7, 11) is -3.66. The van der Waals surface area contributed by atoms with Crippen LogP contribution in [-0.4, -0.2) is 18.6 Å². The van der Waals surface area contributed by atoms with Crippen molar-refractivity contribution in [2.75, 3.05) is 0 Å². The second-order valence-electron chi connectivity index (χ2n) is 7.26. The maximum atomic E-state index is 11.2. The number of nitrogens with zero attached hydrogens (tertiary/aromatic N) is 1. The molecule has 3 aromatic carbocycles. The van der Waals surface area contributed by atoms with E-state index in [2.05, 4.69) is 41.4 Å². The molecule has 0 spiro atoms. The third kappa shape index (κ3) is 4.82. The van der Waals surface area contributed by atoms with Gasteiger partial charge in [-0.2, -0.15) is 5.10 Å². The van der Waals surface area contributed by atoms with Crippen LogP contribution in [0.4, 0.5) is 0 Å². The summed E-state index contributed by atoms with van der Waals surface area (Å²) in [5, 5.41) is 14.3. The van der Waals surface area contributed by atoms with E-state index in [-0.39, 0.29) is 0 Å². The average Bonchev–Trinajstić information content (AvgIpc) is 3.24. The van der Waals surface area contributed by atoms with Gasteiger partial charge in [0, 0.05) is 10.8 Å². The Bertz CT molecular complexity index is 1370. The summed E-state index contributed by atoms with van der Waals surface area (Å²) in [6, 6.07) is 24.4. The standard InChI is InChI=1S/C25H23N3O2S/c1-2-23(19-6-4-3-5-7-19)25(21-12-13-24-22(16-21)17-27-28-24)20-10-8-18(9-11-20)14-15-31(26,29)30/h3-17H,2H2,1H3,(H,27,28)(H2,26,29,30)/b15-14?,25-23+. The molecule has 4 rings (SSSR count). The third-order valence-electron chi connectivity index (χ3n) is 5.16. The molecule has 0 aliphatic heterocycles. The van der Waals surface area contributed by atoms with Crippen molar-refractivity contribution in [1.29, 1.82) is 0 Å². The molecule has 0 unspecified atom stereocenters. The first kappa shape index (κ1) is 20.8. The molecule has 156 valence electrons. The fourth-order valence-corrected chi connectivity index (χ4v) is 4.06. The van der Waals surface area contributed by atoms with E-state index in [1.54, 1.807) is 0 Å². The minimum Gasteiger partial charge on any atom is -0.278 e. The van der Waals surface area contributed by atoms with Crippen LogP contribution in [0.1, 0.15) is 35.6 Å². The Morgan fingerprint density at radius 3 is 2.35 bits per heavy atom. The first-order chi connectivity index (χ1) is 14.9. The number of allylic oxidation sites excluding steroid dienone is 1. The number of hydrogen-bond acceptors (Lipinski definition) is 3. The molecule has 31 heavy (non-hydrogen) atoms. The van der Waals surface area contributed by atoms with E-state index in [1.807, 2.05) is 54.7 Å². The van der Waals surface area contributed by atoms with Gasteiger partial charge in [-0.25, -0.2) is 13.6 Å². The van der Waals surface area contributed by atoms with E-state index in [9.17, 15) is 8.42 Å². The van der Waals surface area contributed by atoms with Gasteiger partial charge in [0.2, 0.25) is 10.0 Å². The largest absolute Gasteiger partial charge is 0.278 e. The predicted molar refractivity (Wildman–Crippen MR) is 127 cm³/mol. The Morgan fingerprint density at radius 1 is 0.968 bits per heavy atom. The van der Waals surface area contributed by atoms with Crippen molar-refractivity contribution in [3.8, 4) is 0 Å². The fourth-order valence-electron chi connectivity index (χ4n) is 3.71. The maximum absolute atomic E-state index is 11.2. The quantitative estimate of drug-likeness (QED) is 0.413. The highest BCUT2D eigenvalue weighted by molar-refractivity contribution is 7.92. The molecular weight excluding hydrogens is 406 g/mol. The molecule has 6 heteroatoms. The zero-order chi connectivity index (χ0) is 21.8. The molecule has 0 radical (unpaired) electrons. The number of aromatic nitrogens is 2. The number of nitrogens with two attached hydrogens (primary N) is 1. The van der Waals surface area contributed by atoms with Gasteiger partial charge in [-0.05, 0) is 58.0 Å². The van der Waals surface area contributed by atoms with Crippen molar-refractivity contribution in [1.82, 2.24) is 10.2 Å². The normalized spacial score (nSPS) is 13.0. The lowest BCUT2D eigenvalue weighted by molar-refractivity contribution is 0.606. The molecular formula is C25H23N3O2S. The second kappa shape index (κ2) is 8.71. The number of primary sulfonamides is 1. The molecule has 0 saturated heterocycles. The van der Waals surface area contributed by atoms with Gasteiger partial charge in [0.1, 0.15) is 0 Å². The minimum absolute atomic E-state index is 0.764. The summed E-state index contributed by atoms with van der Waals surface area (Å²) < 4.78 is 22.4. The van der Waals surface area contributed by atoms with Crippen molar-refractivity contribution >= 4 is 38.1 Å². The number of benzene rings is 3. The number of fused-ring (bicyclic) bond motifs is 1. The van der Waals surface area contributed by atoms with E-state index in [4.69, 9.17) is 5.14 Å². The third-order valence-corrected chi connectivity index (χ3v) is 5.67. The monoisotopic (exact) mass is 429 g/mol. The summed E-state index contributed by atoms with van der Waals surface area (Å²) in [6.45, 7) is 2.15. The number of hydrogen-bond donors (Lipinski definition) is 2. The van der Waals surface area contributed by atoms with Crippen LogP contribution in [0.2, 0.25) is 0 Å². The fraction of sp³-hybridized carbons (Fsp3) is 0.0800.